The van der Waals surface area contributed by atoms with Gasteiger partial charge in [-0.15, -0.1) is 0 Å². The second-order valence-electron chi connectivity index (χ2n) is 4.17. The first-order valence-corrected chi connectivity index (χ1v) is 7.30. The van der Waals surface area contributed by atoms with Crippen molar-refractivity contribution in [3.8, 4) is 0 Å². The molecule has 0 atom stereocenters. The number of halogens is 2. The molecule has 108 valence electrons. The van der Waals surface area contributed by atoms with Crippen LogP contribution in [0, 0.1) is 0 Å². The van der Waals surface area contributed by atoms with Gasteiger partial charge >= 0.3 is 0 Å². The van der Waals surface area contributed by atoms with E-state index in [1.54, 1.807) is 12.1 Å². The summed E-state index contributed by atoms with van der Waals surface area (Å²) in [5.41, 5.74) is 0.991. The quantitative estimate of drug-likeness (QED) is 0.825. The molecule has 0 unspecified atom stereocenters. The highest BCUT2D eigenvalue weighted by Gasteiger charge is 2.23. The van der Waals surface area contributed by atoms with Crippen LogP contribution < -0.4 is 5.32 Å². The number of hydrogen-bond acceptors (Lipinski definition) is 3. The SMILES string of the molecule is CNCCc1ccc(S(=O)(=O)N(C)CC(F)F)cc1. The minimum absolute atomic E-state index is 0.0313. The molecule has 0 saturated carbocycles. The summed E-state index contributed by atoms with van der Waals surface area (Å²) in [6, 6.07) is 6.28. The number of nitrogens with zero attached hydrogens (tertiary/aromatic N) is 1. The van der Waals surface area contributed by atoms with Crippen LogP contribution in [0.25, 0.3) is 0 Å². The van der Waals surface area contributed by atoms with Crippen LogP contribution in [0.4, 0.5) is 8.78 Å². The van der Waals surface area contributed by atoms with Crippen molar-refractivity contribution >= 4 is 10.0 Å². The van der Waals surface area contributed by atoms with E-state index >= 15 is 0 Å². The minimum atomic E-state index is -3.83. The van der Waals surface area contributed by atoms with Crippen molar-refractivity contribution in [3.63, 3.8) is 0 Å². The van der Waals surface area contributed by atoms with Crippen molar-refractivity contribution in [2.24, 2.45) is 0 Å². The average Bonchev–Trinajstić information content (AvgIpc) is 2.36. The normalized spacial score (nSPS) is 12.3. The Balaban J connectivity index is 2.84. The summed E-state index contributed by atoms with van der Waals surface area (Å²) in [5.74, 6) is 0. The van der Waals surface area contributed by atoms with Gasteiger partial charge in [0, 0.05) is 7.05 Å². The van der Waals surface area contributed by atoms with Gasteiger partial charge in [-0.05, 0) is 37.7 Å². The molecule has 7 heteroatoms. The molecule has 0 amide bonds. The van der Waals surface area contributed by atoms with E-state index in [0.717, 1.165) is 25.6 Å². The molecule has 4 nitrogen and oxygen atoms in total. The molecule has 1 aromatic rings. The zero-order valence-corrected chi connectivity index (χ0v) is 11.8. The number of rotatable bonds is 7. The van der Waals surface area contributed by atoms with E-state index in [1.807, 2.05) is 7.05 Å². The molecule has 0 aromatic heterocycles. The fraction of sp³-hybridized carbons (Fsp3) is 0.500. The van der Waals surface area contributed by atoms with Gasteiger partial charge in [0.05, 0.1) is 11.4 Å². The standard InChI is InChI=1S/C12H18F2N2O2S/c1-15-8-7-10-3-5-11(6-4-10)19(17,18)16(2)9-12(13)14/h3-6,12,15H,7-9H2,1-2H3. The molecule has 0 aliphatic carbocycles. The molecule has 19 heavy (non-hydrogen) atoms. The summed E-state index contributed by atoms with van der Waals surface area (Å²) in [5, 5.41) is 2.99. The number of alkyl halides is 2. The summed E-state index contributed by atoms with van der Waals surface area (Å²) in [7, 11) is -0.853. The molecular weight excluding hydrogens is 274 g/mol. The van der Waals surface area contributed by atoms with Gasteiger partial charge in [-0.1, -0.05) is 12.1 Å². The summed E-state index contributed by atoms with van der Waals surface area (Å²) >= 11 is 0. The van der Waals surface area contributed by atoms with Crippen molar-refractivity contribution in [1.29, 1.82) is 0 Å². The summed E-state index contributed by atoms with van der Waals surface area (Å²) in [6.07, 6.45) is -1.90. The van der Waals surface area contributed by atoms with Gasteiger partial charge in [0.15, 0.2) is 0 Å². The number of likely N-dealkylation sites (N-methyl/N-ethyl adjacent to an activating group) is 1. The van der Waals surface area contributed by atoms with E-state index in [4.69, 9.17) is 0 Å². The van der Waals surface area contributed by atoms with Crippen molar-refractivity contribution in [2.45, 2.75) is 17.7 Å². The lowest BCUT2D eigenvalue weighted by Gasteiger charge is -2.16. The van der Waals surface area contributed by atoms with E-state index in [0.29, 0.717) is 4.31 Å². The summed E-state index contributed by atoms with van der Waals surface area (Å²) < 4.78 is 49.1. The topological polar surface area (TPSA) is 49.4 Å². The van der Waals surface area contributed by atoms with Gasteiger partial charge in [0.2, 0.25) is 10.0 Å². The molecule has 0 aliphatic heterocycles. The van der Waals surface area contributed by atoms with Crippen molar-refractivity contribution in [1.82, 2.24) is 9.62 Å². The predicted molar refractivity (Wildman–Crippen MR) is 69.9 cm³/mol. The van der Waals surface area contributed by atoms with Crippen LogP contribution in [0.3, 0.4) is 0 Å². The fourth-order valence-electron chi connectivity index (χ4n) is 1.57. The van der Waals surface area contributed by atoms with E-state index in [-0.39, 0.29) is 4.90 Å². The maximum absolute atomic E-state index is 12.2. The van der Waals surface area contributed by atoms with Crippen LogP contribution in [-0.4, -0.2) is 46.3 Å². The molecule has 0 heterocycles. The highest BCUT2D eigenvalue weighted by atomic mass is 32.2. The molecule has 0 spiro atoms. The Bertz CT molecular complexity index is 489. The van der Waals surface area contributed by atoms with Crippen LogP contribution in [0.15, 0.2) is 29.2 Å². The van der Waals surface area contributed by atoms with Crippen molar-refractivity contribution in [2.75, 3.05) is 27.2 Å². The van der Waals surface area contributed by atoms with Crippen molar-refractivity contribution < 1.29 is 17.2 Å². The lowest BCUT2D eigenvalue weighted by molar-refractivity contribution is 0.126. The second kappa shape index (κ2) is 6.93. The molecule has 0 radical (unpaired) electrons. The second-order valence-corrected chi connectivity index (χ2v) is 6.22. The van der Waals surface area contributed by atoms with E-state index in [2.05, 4.69) is 5.32 Å². The smallest absolute Gasteiger partial charge is 0.252 e. The average molecular weight is 292 g/mol. The Morgan fingerprint density at radius 2 is 1.84 bits per heavy atom. The number of sulfonamides is 1. The van der Waals surface area contributed by atoms with Crippen LogP contribution in [0.5, 0.6) is 0 Å². The number of benzene rings is 1. The molecule has 1 rings (SSSR count). The largest absolute Gasteiger partial charge is 0.319 e. The number of hydrogen-bond donors (Lipinski definition) is 1. The highest BCUT2D eigenvalue weighted by Crippen LogP contribution is 2.16. The first kappa shape index (κ1) is 16.0. The van der Waals surface area contributed by atoms with Gasteiger partial charge < -0.3 is 5.32 Å². The first-order valence-electron chi connectivity index (χ1n) is 5.86. The third-order valence-electron chi connectivity index (χ3n) is 2.69. The van der Waals surface area contributed by atoms with Gasteiger partial charge in [-0.2, -0.15) is 4.31 Å². The van der Waals surface area contributed by atoms with Crippen molar-refractivity contribution in [3.05, 3.63) is 29.8 Å². The maximum atomic E-state index is 12.2. The first-order chi connectivity index (χ1) is 8.87. The monoisotopic (exact) mass is 292 g/mol. The van der Waals surface area contributed by atoms with E-state index in [1.165, 1.54) is 12.1 Å². The van der Waals surface area contributed by atoms with Crippen LogP contribution in [0.1, 0.15) is 5.56 Å². The molecule has 0 bridgehead atoms. The van der Waals surface area contributed by atoms with Crippen LogP contribution in [0.2, 0.25) is 0 Å². The van der Waals surface area contributed by atoms with Gasteiger partial charge in [0.25, 0.3) is 6.43 Å². The van der Waals surface area contributed by atoms with Gasteiger partial charge in [-0.25, -0.2) is 17.2 Å². The third-order valence-corrected chi connectivity index (χ3v) is 4.53. The molecular formula is C12H18F2N2O2S. The zero-order chi connectivity index (χ0) is 14.5. The van der Waals surface area contributed by atoms with Crippen LogP contribution in [-0.2, 0) is 16.4 Å². The Kier molecular flexibility index (Phi) is 5.84. The molecule has 1 N–H and O–H groups in total. The van der Waals surface area contributed by atoms with Crippen LogP contribution >= 0.6 is 0 Å². The Morgan fingerprint density at radius 3 is 2.32 bits per heavy atom. The minimum Gasteiger partial charge on any atom is -0.319 e. The molecule has 0 aliphatic rings. The Hall–Kier alpha value is -1.05. The maximum Gasteiger partial charge on any atom is 0.252 e. The molecule has 1 aromatic carbocycles. The lowest BCUT2D eigenvalue weighted by atomic mass is 10.1. The van der Waals surface area contributed by atoms with E-state index in [9.17, 15) is 17.2 Å². The molecule has 0 saturated heterocycles. The summed E-state index contributed by atoms with van der Waals surface area (Å²) in [6.45, 7) is -0.0127. The van der Waals surface area contributed by atoms with E-state index < -0.39 is 23.0 Å². The number of nitrogens with one attached hydrogen (secondary N) is 1. The molecule has 0 fully saturated rings. The Morgan fingerprint density at radius 1 is 1.26 bits per heavy atom. The highest BCUT2D eigenvalue weighted by molar-refractivity contribution is 7.89. The van der Waals surface area contributed by atoms with Gasteiger partial charge in [0.1, 0.15) is 0 Å². The van der Waals surface area contributed by atoms with Gasteiger partial charge in [-0.3, -0.25) is 0 Å². The fourth-order valence-corrected chi connectivity index (χ4v) is 2.72. The Labute approximate surface area is 112 Å². The predicted octanol–water partition coefficient (Wildman–Crippen LogP) is 1.33. The zero-order valence-electron chi connectivity index (χ0n) is 10.9. The third kappa shape index (κ3) is 4.52. The summed E-state index contributed by atoms with van der Waals surface area (Å²) in [4.78, 5) is 0.0313. The lowest BCUT2D eigenvalue weighted by Crippen LogP contribution is -2.31.